The lowest BCUT2D eigenvalue weighted by molar-refractivity contribution is -0.121. The highest BCUT2D eigenvalue weighted by atomic mass is 35.5. The van der Waals surface area contributed by atoms with E-state index in [4.69, 9.17) is 5.73 Å². The summed E-state index contributed by atoms with van der Waals surface area (Å²) < 4.78 is 0. The number of para-hydroxylation sites is 1. The standard InChI is InChI=1S/C19H23N3O2.ClH/c1-14-6-8-16(9-7-14)19(24)22-13-12-21-18(23)11-10-15-4-2-3-5-17(15)20;/h2-9H,10-13,20H2,1H3,(H,21,23)(H,22,24);1H. The number of nitrogen functional groups attached to an aromatic ring is 1. The number of nitrogens with one attached hydrogen (secondary N) is 2. The van der Waals surface area contributed by atoms with Crippen LogP contribution in [0.3, 0.4) is 0 Å². The zero-order chi connectivity index (χ0) is 17.4. The predicted octanol–water partition coefficient (Wildman–Crippen LogP) is 2.48. The molecule has 0 fully saturated rings. The Bertz CT molecular complexity index is 702. The molecule has 0 saturated heterocycles. The van der Waals surface area contributed by atoms with Crippen LogP contribution in [-0.2, 0) is 11.2 Å². The average Bonchev–Trinajstić information content (AvgIpc) is 2.58. The number of anilines is 1. The molecule has 0 aliphatic carbocycles. The maximum Gasteiger partial charge on any atom is 0.251 e. The first-order valence-corrected chi connectivity index (χ1v) is 8.01. The lowest BCUT2D eigenvalue weighted by atomic mass is 10.1. The quantitative estimate of drug-likeness (QED) is 0.523. The van der Waals surface area contributed by atoms with Gasteiger partial charge in [0.25, 0.3) is 5.91 Å². The third kappa shape index (κ3) is 6.85. The van der Waals surface area contributed by atoms with E-state index in [9.17, 15) is 9.59 Å². The molecule has 0 spiro atoms. The number of benzene rings is 2. The smallest absolute Gasteiger partial charge is 0.251 e. The summed E-state index contributed by atoms with van der Waals surface area (Å²) >= 11 is 0. The maximum absolute atomic E-state index is 11.9. The summed E-state index contributed by atoms with van der Waals surface area (Å²) in [6, 6.07) is 14.9. The van der Waals surface area contributed by atoms with Crippen LogP contribution in [0, 0.1) is 6.92 Å². The van der Waals surface area contributed by atoms with Crippen molar-refractivity contribution in [2.75, 3.05) is 18.8 Å². The number of rotatable bonds is 7. The summed E-state index contributed by atoms with van der Waals surface area (Å²) in [5, 5.41) is 5.58. The normalized spacial score (nSPS) is 9.80. The van der Waals surface area contributed by atoms with Crippen LogP contribution in [0.1, 0.15) is 27.9 Å². The molecule has 0 unspecified atom stereocenters. The molecule has 0 saturated carbocycles. The number of amides is 2. The predicted molar refractivity (Wildman–Crippen MR) is 103 cm³/mol. The number of halogens is 1. The second-order valence-corrected chi connectivity index (χ2v) is 5.67. The lowest BCUT2D eigenvalue weighted by Crippen LogP contribution is -2.34. The minimum atomic E-state index is -0.138. The zero-order valence-corrected chi connectivity index (χ0v) is 15.1. The van der Waals surface area contributed by atoms with Crippen LogP contribution in [0.15, 0.2) is 48.5 Å². The third-order valence-corrected chi connectivity index (χ3v) is 3.72. The molecule has 134 valence electrons. The van der Waals surface area contributed by atoms with Gasteiger partial charge in [-0.2, -0.15) is 0 Å². The average molecular weight is 362 g/mol. The minimum Gasteiger partial charge on any atom is -0.399 e. The molecule has 0 radical (unpaired) electrons. The summed E-state index contributed by atoms with van der Waals surface area (Å²) in [6.07, 6.45) is 0.981. The summed E-state index contributed by atoms with van der Waals surface area (Å²) in [7, 11) is 0. The first kappa shape index (κ1) is 20.5. The first-order valence-electron chi connectivity index (χ1n) is 8.01. The van der Waals surface area contributed by atoms with Crippen LogP contribution < -0.4 is 16.4 Å². The van der Waals surface area contributed by atoms with E-state index in [0.717, 1.165) is 11.1 Å². The second kappa shape index (κ2) is 10.4. The zero-order valence-electron chi connectivity index (χ0n) is 14.2. The molecule has 4 N–H and O–H groups in total. The van der Waals surface area contributed by atoms with Gasteiger partial charge in [0.05, 0.1) is 0 Å². The molecular formula is C19H24ClN3O2. The molecule has 6 heteroatoms. The molecular weight excluding hydrogens is 338 g/mol. The Hall–Kier alpha value is -2.53. The first-order chi connectivity index (χ1) is 11.6. The highest BCUT2D eigenvalue weighted by molar-refractivity contribution is 5.94. The van der Waals surface area contributed by atoms with Crippen LogP contribution in [0.4, 0.5) is 5.69 Å². The summed E-state index contributed by atoms with van der Waals surface area (Å²) in [4.78, 5) is 23.7. The van der Waals surface area contributed by atoms with Crippen molar-refractivity contribution in [2.45, 2.75) is 19.8 Å². The van der Waals surface area contributed by atoms with Crippen molar-refractivity contribution >= 4 is 29.9 Å². The maximum atomic E-state index is 11.9. The fraction of sp³-hybridized carbons (Fsp3) is 0.263. The van der Waals surface area contributed by atoms with Gasteiger partial charge < -0.3 is 16.4 Å². The molecule has 0 aromatic heterocycles. The van der Waals surface area contributed by atoms with Gasteiger partial charge in [0, 0.05) is 30.8 Å². The monoisotopic (exact) mass is 361 g/mol. The van der Waals surface area contributed by atoms with E-state index in [1.165, 1.54) is 0 Å². The van der Waals surface area contributed by atoms with Gasteiger partial charge in [0.1, 0.15) is 0 Å². The number of aryl methyl sites for hydroxylation is 2. The number of hydrogen-bond acceptors (Lipinski definition) is 3. The molecule has 5 nitrogen and oxygen atoms in total. The molecule has 2 aromatic carbocycles. The number of carbonyl (C=O) groups excluding carboxylic acids is 2. The van der Waals surface area contributed by atoms with Crippen molar-refractivity contribution in [3.63, 3.8) is 0 Å². The Balaban J connectivity index is 0.00000312. The van der Waals surface area contributed by atoms with Crippen molar-refractivity contribution < 1.29 is 9.59 Å². The number of nitrogens with two attached hydrogens (primary N) is 1. The fourth-order valence-electron chi connectivity index (χ4n) is 2.28. The van der Waals surface area contributed by atoms with E-state index in [1.54, 1.807) is 12.1 Å². The Labute approximate surface area is 154 Å². The summed E-state index contributed by atoms with van der Waals surface area (Å²) in [6.45, 7) is 2.77. The van der Waals surface area contributed by atoms with Gasteiger partial charge in [-0.3, -0.25) is 9.59 Å². The van der Waals surface area contributed by atoms with E-state index in [2.05, 4.69) is 10.6 Å². The van der Waals surface area contributed by atoms with Crippen LogP contribution in [0.25, 0.3) is 0 Å². The van der Waals surface area contributed by atoms with Gasteiger partial charge >= 0.3 is 0 Å². The van der Waals surface area contributed by atoms with E-state index in [0.29, 0.717) is 37.2 Å². The number of hydrogen-bond donors (Lipinski definition) is 3. The van der Waals surface area contributed by atoms with E-state index < -0.39 is 0 Å². The van der Waals surface area contributed by atoms with Gasteiger partial charge in [-0.15, -0.1) is 12.4 Å². The van der Waals surface area contributed by atoms with Crippen molar-refractivity contribution in [3.8, 4) is 0 Å². The van der Waals surface area contributed by atoms with Crippen LogP contribution in [0.2, 0.25) is 0 Å². The third-order valence-electron chi connectivity index (χ3n) is 3.72. The molecule has 0 aliphatic heterocycles. The Morgan fingerprint density at radius 2 is 1.60 bits per heavy atom. The van der Waals surface area contributed by atoms with Crippen LogP contribution in [-0.4, -0.2) is 24.9 Å². The highest BCUT2D eigenvalue weighted by Crippen LogP contribution is 2.12. The van der Waals surface area contributed by atoms with E-state index in [1.807, 2.05) is 43.3 Å². The SMILES string of the molecule is Cc1ccc(C(=O)NCCNC(=O)CCc2ccccc2N)cc1.Cl. The van der Waals surface area contributed by atoms with Crippen molar-refractivity contribution in [1.29, 1.82) is 0 Å². The Morgan fingerprint density at radius 3 is 2.28 bits per heavy atom. The van der Waals surface area contributed by atoms with Gasteiger partial charge in [-0.1, -0.05) is 35.9 Å². The van der Waals surface area contributed by atoms with Crippen molar-refractivity contribution in [1.82, 2.24) is 10.6 Å². The van der Waals surface area contributed by atoms with Crippen LogP contribution >= 0.6 is 12.4 Å². The van der Waals surface area contributed by atoms with Gasteiger partial charge in [0.2, 0.25) is 5.91 Å². The minimum absolute atomic E-state index is 0. The fourth-order valence-corrected chi connectivity index (χ4v) is 2.28. The molecule has 2 aromatic rings. The summed E-state index contributed by atoms with van der Waals surface area (Å²) in [5.41, 5.74) is 9.25. The molecule has 0 bridgehead atoms. The largest absolute Gasteiger partial charge is 0.399 e. The Kier molecular flexibility index (Phi) is 8.50. The molecule has 0 aliphatic rings. The van der Waals surface area contributed by atoms with E-state index in [-0.39, 0.29) is 24.2 Å². The molecule has 0 atom stereocenters. The molecule has 25 heavy (non-hydrogen) atoms. The highest BCUT2D eigenvalue weighted by Gasteiger charge is 2.06. The van der Waals surface area contributed by atoms with Gasteiger partial charge in [0.15, 0.2) is 0 Å². The molecule has 2 rings (SSSR count). The summed E-state index contributed by atoms with van der Waals surface area (Å²) in [5.74, 6) is -0.191. The number of carbonyl (C=O) groups is 2. The second-order valence-electron chi connectivity index (χ2n) is 5.67. The topological polar surface area (TPSA) is 84.2 Å². The van der Waals surface area contributed by atoms with Gasteiger partial charge in [-0.05, 0) is 37.1 Å². The van der Waals surface area contributed by atoms with Gasteiger partial charge in [-0.25, -0.2) is 0 Å². The van der Waals surface area contributed by atoms with E-state index >= 15 is 0 Å². The van der Waals surface area contributed by atoms with Crippen molar-refractivity contribution in [2.24, 2.45) is 0 Å². The lowest BCUT2D eigenvalue weighted by Gasteiger charge is -2.08. The van der Waals surface area contributed by atoms with Crippen molar-refractivity contribution in [3.05, 3.63) is 65.2 Å². The Morgan fingerprint density at radius 1 is 0.960 bits per heavy atom. The van der Waals surface area contributed by atoms with Crippen LogP contribution in [0.5, 0.6) is 0 Å². The molecule has 2 amide bonds. The molecule has 0 heterocycles.